The number of rotatable bonds is 9. The molecule has 0 bridgehead atoms. The lowest BCUT2D eigenvalue weighted by Gasteiger charge is -2.32. The molecule has 0 heterocycles. The van der Waals surface area contributed by atoms with Crippen molar-refractivity contribution in [3.05, 3.63) is 29.8 Å². The molecule has 1 rings (SSSR count). The minimum Gasteiger partial charge on any atom is -0.496 e. The van der Waals surface area contributed by atoms with Gasteiger partial charge in [0.25, 0.3) is 0 Å². The van der Waals surface area contributed by atoms with Crippen LogP contribution in [0.25, 0.3) is 0 Å². The molecule has 1 aromatic rings. The lowest BCUT2D eigenvalue weighted by Crippen LogP contribution is -2.42. The van der Waals surface area contributed by atoms with E-state index in [0.717, 1.165) is 37.0 Å². The van der Waals surface area contributed by atoms with Crippen molar-refractivity contribution in [2.24, 2.45) is 0 Å². The first-order valence-corrected chi connectivity index (χ1v) is 9.04. The van der Waals surface area contributed by atoms with E-state index in [2.05, 4.69) is 6.92 Å². The Labute approximate surface area is 147 Å². The predicted molar refractivity (Wildman–Crippen MR) is 98.5 cm³/mol. The molecule has 0 aromatic heterocycles. The molecule has 0 aliphatic rings. The molecule has 4 heteroatoms. The highest BCUT2D eigenvalue weighted by Gasteiger charge is 2.26. The highest BCUT2D eigenvalue weighted by Crippen LogP contribution is 2.32. The molecule has 1 aromatic carbocycles. The van der Waals surface area contributed by atoms with Gasteiger partial charge in [-0.1, -0.05) is 38.0 Å². The molecule has 0 unspecified atom stereocenters. The molecule has 0 fully saturated rings. The number of unbranched alkanes of at least 4 members (excludes halogenated alkanes) is 2. The third kappa shape index (κ3) is 5.73. The number of hydrogen-bond acceptors (Lipinski definition) is 3. The topological polar surface area (TPSA) is 38.8 Å². The van der Waals surface area contributed by atoms with Crippen LogP contribution in [0.1, 0.15) is 72.0 Å². The van der Waals surface area contributed by atoms with E-state index >= 15 is 0 Å². The van der Waals surface area contributed by atoms with Crippen LogP contribution in [0.2, 0.25) is 0 Å². The third-order valence-electron chi connectivity index (χ3n) is 4.12. The van der Waals surface area contributed by atoms with Crippen molar-refractivity contribution >= 4 is 6.09 Å². The zero-order chi connectivity index (χ0) is 18.1. The molecule has 0 aliphatic carbocycles. The van der Waals surface area contributed by atoms with E-state index in [-0.39, 0.29) is 24.3 Å². The van der Waals surface area contributed by atoms with Crippen LogP contribution in [0.5, 0.6) is 5.75 Å². The maximum atomic E-state index is 12.7. The van der Waals surface area contributed by atoms with E-state index in [1.54, 1.807) is 12.0 Å². The maximum Gasteiger partial charge on any atom is 0.410 e. The summed E-state index contributed by atoms with van der Waals surface area (Å²) in [7, 11) is 1.65. The Morgan fingerprint density at radius 2 is 1.71 bits per heavy atom. The van der Waals surface area contributed by atoms with Gasteiger partial charge in [0.1, 0.15) is 11.9 Å². The Hall–Kier alpha value is -1.71. The summed E-state index contributed by atoms with van der Waals surface area (Å²) < 4.78 is 11.4. The van der Waals surface area contributed by atoms with Gasteiger partial charge in [0.05, 0.1) is 7.11 Å². The Balaban J connectivity index is 2.99. The summed E-state index contributed by atoms with van der Waals surface area (Å²) in [6.45, 7) is 10.2. The first-order chi connectivity index (χ1) is 11.4. The molecule has 136 valence electrons. The van der Waals surface area contributed by atoms with Crippen molar-refractivity contribution < 1.29 is 14.3 Å². The molecular formula is C20H33NO3. The quantitative estimate of drug-likeness (QED) is 0.554. The Bertz CT molecular complexity index is 491. The first kappa shape index (κ1) is 20.3. The van der Waals surface area contributed by atoms with Crippen molar-refractivity contribution in [3.63, 3.8) is 0 Å². The second-order valence-corrected chi connectivity index (χ2v) is 6.70. The van der Waals surface area contributed by atoms with Crippen LogP contribution in [0.3, 0.4) is 0 Å². The predicted octanol–water partition coefficient (Wildman–Crippen LogP) is 5.57. The average molecular weight is 335 g/mol. The summed E-state index contributed by atoms with van der Waals surface area (Å²) in [6.07, 6.45) is 3.56. The van der Waals surface area contributed by atoms with E-state index in [1.165, 1.54) is 0 Å². The molecule has 0 radical (unpaired) electrons. The fraction of sp³-hybridized carbons (Fsp3) is 0.650. The Kier molecular flexibility index (Phi) is 8.66. The van der Waals surface area contributed by atoms with E-state index in [1.807, 2.05) is 52.0 Å². The minimum absolute atomic E-state index is 0.103. The van der Waals surface area contributed by atoms with Crippen LogP contribution >= 0.6 is 0 Å². The Morgan fingerprint density at radius 3 is 2.25 bits per heavy atom. The summed E-state index contributed by atoms with van der Waals surface area (Å²) in [5.41, 5.74) is 0.942. The Morgan fingerprint density at radius 1 is 1.08 bits per heavy atom. The lowest BCUT2D eigenvalue weighted by molar-refractivity contribution is 0.0397. The molecule has 0 saturated heterocycles. The van der Waals surface area contributed by atoms with Gasteiger partial charge in [0, 0.05) is 17.6 Å². The number of ether oxygens (including phenoxy) is 2. The smallest absolute Gasteiger partial charge is 0.410 e. The average Bonchev–Trinajstić information content (AvgIpc) is 2.53. The number of nitrogens with zero attached hydrogens (tertiary/aromatic N) is 1. The molecule has 0 saturated carbocycles. The van der Waals surface area contributed by atoms with E-state index < -0.39 is 0 Å². The molecule has 4 nitrogen and oxygen atoms in total. The normalized spacial score (nSPS) is 12.3. The van der Waals surface area contributed by atoms with Crippen LogP contribution < -0.4 is 4.74 Å². The van der Waals surface area contributed by atoms with Crippen LogP contribution in [-0.4, -0.2) is 30.2 Å². The van der Waals surface area contributed by atoms with Crippen molar-refractivity contribution in [1.29, 1.82) is 0 Å². The summed E-state index contributed by atoms with van der Waals surface area (Å²) in [4.78, 5) is 14.5. The number of hydrogen-bond donors (Lipinski definition) is 0. The van der Waals surface area contributed by atoms with Gasteiger partial charge in [-0.25, -0.2) is 4.79 Å². The van der Waals surface area contributed by atoms with Gasteiger partial charge >= 0.3 is 6.09 Å². The van der Waals surface area contributed by atoms with E-state index in [9.17, 15) is 4.79 Å². The van der Waals surface area contributed by atoms with Crippen molar-refractivity contribution in [3.8, 4) is 5.75 Å². The van der Waals surface area contributed by atoms with Gasteiger partial charge in [0.15, 0.2) is 0 Å². The van der Waals surface area contributed by atoms with Gasteiger partial charge in [-0.05, 0) is 46.6 Å². The summed E-state index contributed by atoms with van der Waals surface area (Å²) in [5, 5.41) is 0. The van der Waals surface area contributed by atoms with Crippen LogP contribution in [-0.2, 0) is 4.74 Å². The monoisotopic (exact) mass is 335 g/mol. The van der Waals surface area contributed by atoms with E-state index in [4.69, 9.17) is 9.47 Å². The standard InChI is InChI=1S/C20H33NO3/c1-7-8-9-14-19(17-12-10-11-13-18(17)23-6)24-20(22)21(15(2)3)16(4)5/h10-13,15-16,19H,7-9,14H2,1-6H3/t19-/m1/s1. The van der Waals surface area contributed by atoms with Gasteiger partial charge in [-0.2, -0.15) is 0 Å². The number of amides is 1. The zero-order valence-electron chi connectivity index (χ0n) is 16.0. The van der Waals surface area contributed by atoms with Gasteiger partial charge in [0.2, 0.25) is 0 Å². The molecule has 24 heavy (non-hydrogen) atoms. The number of carbonyl (C=O) groups excluding carboxylic acids is 1. The highest BCUT2D eigenvalue weighted by molar-refractivity contribution is 5.68. The SMILES string of the molecule is CCCCC[C@@H](OC(=O)N(C(C)C)C(C)C)c1ccccc1OC. The summed E-state index contributed by atoms with van der Waals surface area (Å²) >= 11 is 0. The lowest BCUT2D eigenvalue weighted by atomic mass is 10.0. The van der Waals surface area contributed by atoms with Gasteiger partial charge < -0.3 is 14.4 Å². The number of benzene rings is 1. The minimum atomic E-state index is -0.278. The van der Waals surface area contributed by atoms with Crippen molar-refractivity contribution in [2.75, 3.05) is 7.11 Å². The van der Waals surface area contributed by atoms with Gasteiger partial charge in [-0.15, -0.1) is 0 Å². The largest absolute Gasteiger partial charge is 0.496 e. The molecular weight excluding hydrogens is 302 g/mol. The number of methoxy groups -OCH3 is 1. The van der Waals surface area contributed by atoms with Crippen molar-refractivity contribution in [2.45, 2.75) is 78.5 Å². The number of para-hydroxylation sites is 1. The zero-order valence-corrected chi connectivity index (χ0v) is 16.0. The molecule has 1 atom stereocenters. The molecule has 1 amide bonds. The molecule has 0 spiro atoms. The maximum absolute atomic E-state index is 12.7. The summed E-state index contributed by atoms with van der Waals surface area (Å²) in [6, 6.07) is 8.00. The van der Waals surface area contributed by atoms with Crippen LogP contribution in [0.4, 0.5) is 4.79 Å². The third-order valence-corrected chi connectivity index (χ3v) is 4.12. The van der Waals surface area contributed by atoms with Crippen molar-refractivity contribution in [1.82, 2.24) is 4.90 Å². The summed E-state index contributed by atoms with van der Waals surface area (Å²) in [5.74, 6) is 0.771. The van der Waals surface area contributed by atoms with E-state index in [0.29, 0.717) is 0 Å². The fourth-order valence-electron chi connectivity index (χ4n) is 2.99. The molecule has 0 N–H and O–H groups in total. The fourth-order valence-corrected chi connectivity index (χ4v) is 2.99. The second-order valence-electron chi connectivity index (χ2n) is 6.70. The highest BCUT2D eigenvalue weighted by atomic mass is 16.6. The van der Waals surface area contributed by atoms with Crippen LogP contribution in [0, 0.1) is 0 Å². The van der Waals surface area contributed by atoms with Gasteiger partial charge in [-0.3, -0.25) is 0 Å². The first-order valence-electron chi connectivity index (χ1n) is 9.04. The number of carbonyl (C=O) groups is 1. The second kappa shape index (κ2) is 10.2. The van der Waals surface area contributed by atoms with Crippen LogP contribution in [0.15, 0.2) is 24.3 Å². The molecule has 0 aliphatic heterocycles.